The molecule has 1 N–H and O–H groups in total. The number of likely N-dealkylation sites (N-methyl/N-ethyl adjacent to an activating group) is 1. The highest BCUT2D eigenvalue weighted by Crippen LogP contribution is 2.32. The molecule has 1 aromatic carbocycles. The molecule has 2 rings (SSSR count). The molecule has 4 heteroatoms. The minimum absolute atomic E-state index is 0.171. The van der Waals surface area contributed by atoms with E-state index in [1.54, 1.807) is 0 Å². The molecule has 0 unspecified atom stereocenters. The zero-order valence-corrected chi connectivity index (χ0v) is 10.1. The zero-order chi connectivity index (χ0) is 12.5. The molecule has 1 fully saturated rings. The van der Waals surface area contributed by atoms with Crippen LogP contribution in [0.25, 0.3) is 0 Å². The van der Waals surface area contributed by atoms with E-state index in [2.05, 4.69) is 5.32 Å². The third-order valence-corrected chi connectivity index (χ3v) is 3.19. The molecule has 0 saturated carbocycles. The molecular formula is C13H16N2O2. The molecule has 0 aromatic heterocycles. The Morgan fingerprint density at radius 1 is 1.24 bits per heavy atom. The molecule has 1 aromatic rings. The highest BCUT2D eigenvalue weighted by atomic mass is 16.2. The van der Waals surface area contributed by atoms with Crippen LogP contribution in [0.3, 0.4) is 0 Å². The van der Waals surface area contributed by atoms with Gasteiger partial charge in [0.05, 0.1) is 0 Å². The average molecular weight is 232 g/mol. The number of rotatable bonds is 3. The number of hydrogen-bond donors (Lipinski definition) is 1. The number of urea groups is 1. The van der Waals surface area contributed by atoms with Gasteiger partial charge in [-0.3, -0.25) is 9.69 Å². The molecule has 0 bridgehead atoms. The fourth-order valence-electron chi connectivity index (χ4n) is 2.31. The largest absolute Gasteiger partial charge is 0.325 e. The van der Waals surface area contributed by atoms with Gasteiger partial charge in [-0.2, -0.15) is 0 Å². The number of imide groups is 1. The van der Waals surface area contributed by atoms with Crippen molar-refractivity contribution in [2.45, 2.75) is 25.3 Å². The summed E-state index contributed by atoms with van der Waals surface area (Å²) in [5, 5.41) is 2.82. The maximum atomic E-state index is 12.3. The quantitative estimate of drug-likeness (QED) is 0.809. The van der Waals surface area contributed by atoms with Gasteiger partial charge in [0.15, 0.2) is 0 Å². The normalized spacial score (nSPS) is 24.0. The second-order valence-electron chi connectivity index (χ2n) is 4.32. The first-order valence-corrected chi connectivity index (χ1v) is 5.77. The lowest BCUT2D eigenvalue weighted by molar-refractivity contribution is -0.131. The van der Waals surface area contributed by atoms with Crippen molar-refractivity contribution in [2.24, 2.45) is 0 Å². The van der Waals surface area contributed by atoms with Gasteiger partial charge in [-0.1, -0.05) is 43.7 Å². The molecule has 4 nitrogen and oxygen atoms in total. The SMILES string of the molecule is CCC[C@]1(c2ccccc2)NC(=O)N(C)C1=O. The molecule has 1 heterocycles. The molecule has 17 heavy (non-hydrogen) atoms. The molecule has 3 amide bonds. The van der Waals surface area contributed by atoms with Crippen LogP contribution in [0, 0.1) is 0 Å². The Bertz CT molecular complexity index is 444. The summed E-state index contributed by atoms with van der Waals surface area (Å²) < 4.78 is 0. The summed E-state index contributed by atoms with van der Waals surface area (Å²) >= 11 is 0. The third-order valence-electron chi connectivity index (χ3n) is 3.19. The van der Waals surface area contributed by atoms with Crippen LogP contribution in [-0.4, -0.2) is 23.9 Å². The summed E-state index contributed by atoms with van der Waals surface area (Å²) in [6.07, 6.45) is 1.45. The van der Waals surface area contributed by atoms with Crippen LogP contribution in [0.15, 0.2) is 30.3 Å². The summed E-state index contributed by atoms with van der Waals surface area (Å²) in [5.74, 6) is -0.171. The standard InChI is InChI=1S/C13H16N2O2/c1-3-9-13(10-7-5-4-6-8-10)11(16)15(2)12(17)14-13/h4-8H,3,9H2,1-2H3,(H,14,17)/t13-/m1/s1. The van der Waals surface area contributed by atoms with Gasteiger partial charge < -0.3 is 5.32 Å². The summed E-state index contributed by atoms with van der Waals surface area (Å²) in [7, 11) is 1.51. The summed E-state index contributed by atoms with van der Waals surface area (Å²) in [5.41, 5.74) is -0.0217. The van der Waals surface area contributed by atoms with Crippen molar-refractivity contribution in [3.8, 4) is 0 Å². The van der Waals surface area contributed by atoms with Gasteiger partial charge in [0.1, 0.15) is 5.54 Å². The van der Waals surface area contributed by atoms with Crippen LogP contribution in [0.4, 0.5) is 4.79 Å². The number of carbonyl (C=O) groups is 2. The Morgan fingerprint density at radius 2 is 1.88 bits per heavy atom. The summed E-state index contributed by atoms with van der Waals surface area (Å²) in [4.78, 5) is 25.1. The van der Waals surface area contributed by atoms with Crippen molar-refractivity contribution in [2.75, 3.05) is 7.05 Å². The van der Waals surface area contributed by atoms with Gasteiger partial charge in [0.25, 0.3) is 5.91 Å². The van der Waals surface area contributed by atoms with Crippen molar-refractivity contribution in [1.82, 2.24) is 10.2 Å². The number of nitrogens with one attached hydrogen (secondary N) is 1. The van der Waals surface area contributed by atoms with E-state index >= 15 is 0 Å². The minimum atomic E-state index is -0.873. The molecule has 1 saturated heterocycles. The molecular weight excluding hydrogens is 216 g/mol. The Kier molecular flexibility index (Phi) is 2.88. The van der Waals surface area contributed by atoms with Crippen LogP contribution in [0.1, 0.15) is 25.3 Å². The number of nitrogens with zero attached hydrogens (tertiary/aromatic N) is 1. The Labute approximate surface area is 101 Å². The second-order valence-corrected chi connectivity index (χ2v) is 4.32. The van der Waals surface area contributed by atoms with E-state index in [4.69, 9.17) is 0 Å². The maximum Gasteiger partial charge on any atom is 0.325 e. The predicted octanol–water partition coefficient (Wildman–Crippen LogP) is 1.86. The maximum absolute atomic E-state index is 12.3. The summed E-state index contributed by atoms with van der Waals surface area (Å²) in [6, 6.07) is 9.09. The lowest BCUT2D eigenvalue weighted by Gasteiger charge is -2.26. The van der Waals surface area contributed by atoms with Crippen LogP contribution < -0.4 is 5.32 Å². The Morgan fingerprint density at radius 3 is 2.35 bits per heavy atom. The smallest absolute Gasteiger partial charge is 0.319 e. The highest BCUT2D eigenvalue weighted by molar-refractivity contribution is 6.07. The van der Waals surface area contributed by atoms with Crippen molar-refractivity contribution in [3.05, 3.63) is 35.9 Å². The van der Waals surface area contributed by atoms with E-state index in [1.807, 2.05) is 37.3 Å². The van der Waals surface area contributed by atoms with Gasteiger partial charge in [0, 0.05) is 7.05 Å². The monoisotopic (exact) mass is 232 g/mol. The van der Waals surface area contributed by atoms with Crippen molar-refractivity contribution >= 4 is 11.9 Å². The number of amides is 3. The van der Waals surface area contributed by atoms with Gasteiger partial charge in [-0.15, -0.1) is 0 Å². The Hall–Kier alpha value is -1.84. The van der Waals surface area contributed by atoms with Crippen molar-refractivity contribution < 1.29 is 9.59 Å². The molecule has 90 valence electrons. The Balaban J connectivity index is 2.48. The lowest BCUT2D eigenvalue weighted by Crippen LogP contribution is -2.43. The molecule has 0 radical (unpaired) electrons. The van der Waals surface area contributed by atoms with Gasteiger partial charge in [0.2, 0.25) is 0 Å². The van der Waals surface area contributed by atoms with Gasteiger partial charge in [-0.25, -0.2) is 4.79 Å². The van der Waals surface area contributed by atoms with E-state index in [0.29, 0.717) is 6.42 Å². The lowest BCUT2D eigenvalue weighted by atomic mass is 9.85. The molecule has 0 aliphatic carbocycles. The number of hydrogen-bond acceptors (Lipinski definition) is 2. The highest BCUT2D eigenvalue weighted by Gasteiger charge is 2.50. The minimum Gasteiger partial charge on any atom is -0.319 e. The summed E-state index contributed by atoms with van der Waals surface area (Å²) in [6.45, 7) is 2.00. The number of benzene rings is 1. The van der Waals surface area contributed by atoms with Crippen LogP contribution in [0.2, 0.25) is 0 Å². The molecule has 1 aliphatic rings. The van der Waals surface area contributed by atoms with E-state index in [1.165, 1.54) is 7.05 Å². The first-order valence-electron chi connectivity index (χ1n) is 5.77. The van der Waals surface area contributed by atoms with E-state index in [9.17, 15) is 9.59 Å². The van der Waals surface area contributed by atoms with E-state index < -0.39 is 5.54 Å². The van der Waals surface area contributed by atoms with Crippen LogP contribution in [-0.2, 0) is 10.3 Å². The zero-order valence-electron chi connectivity index (χ0n) is 10.1. The molecule has 0 spiro atoms. The van der Waals surface area contributed by atoms with E-state index in [0.717, 1.165) is 16.9 Å². The first kappa shape index (κ1) is 11.6. The second kappa shape index (κ2) is 4.20. The van der Waals surface area contributed by atoms with Gasteiger partial charge in [-0.05, 0) is 12.0 Å². The first-order chi connectivity index (χ1) is 8.12. The van der Waals surface area contributed by atoms with E-state index in [-0.39, 0.29) is 11.9 Å². The van der Waals surface area contributed by atoms with Gasteiger partial charge >= 0.3 is 6.03 Å². The third kappa shape index (κ3) is 1.69. The fourth-order valence-corrected chi connectivity index (χ4v) is 2.31. The van der Waals surface area contributed by atoms with Crippen LogP contribution >= 0.6 is 0 Å². The topological polar surface area (TPSA) is 49.4 Å². The molecule has 1 aliphatic heterocycles. The predicted molar refractivity (Wildman–Crippen MR) is 64.3 cm³/mol. The number of carbonyl (C=O) groups excluding carboxylic acids is 2. The molecule has 1 atom stereocenters. The van der Waals surface area contributed by atoms with Crippen molar-refractivity contribution in [1.29, 1.82) is 0 Å². The van der Waals surface area contributed by atoms with Crippen molar-refractivity contribution in [3.63, 3.8) is 0 Å². The average Bonchev–Trinajstić information content (AvgIpc) is 2.57. The van der Waals surface area contributed by atoms with Crippen LogP contribution in [0.5, 0.6) is 0 Å². The fraction of sp³-hybridized carbons (Fsp3) is 0.385.